The van der Waals surface area contributed by atoms with Gasteiger partial charge in [-0.3, -0.25) is 4.79 Å². The first-order valence-electron chi connectivity index (χ1n) is 9.88. The minimum atomic E-state index is -0.0699. The summed E-state index contributed by atoms with van der Waals surface area (Å²) in [6.07, 6.45) is 1.73. The van der Waals surface area contributed by atoms with Crippen LogP contribution in [0.15, 0.2) is 66.2 Å². The highest BCUT2D eigenvalue weighted by atomic mass is 16.5. The van der Waals surface area contributed by atoms with Gasteiger partial charge in [0.2, 0.25) is 0 Å². The van der Waals surface area contributed by atoms with Gasteiger partial charge in [-0.15, -0.1) is 0 Å². The maximum atomic E-state index is 12.0. The third-order valence-corrected chi connectivity index (χ3v) is 4.07. The Morgan fingerprint density at radius 3 is 2.62 bits per heavy atom. The lowest BCUT2D eigenvalue weighted by Gasteiger charge is -2.14. The fourth-order valence-electron chi connectivity index (χ4n) is 2.70. The molecule has 0 bridgehead atoms. The molecule has 0 saturated carbocycles. The molecule has 0 aliphatic rings. The largest absolute Gasteiger partial charge is 0.489 e. The maximum Gasteiger partial charge on any atom is 0.251 e. The smallest absolute Gasteiger partial charge is 0.251 e. The van der Waals surface area contributed by atoms with Gasteiger partial charge in [-0.05, 0) is 37.6 Å². The van der Waals surface area contributed by atoms with Crippen LogP contribution in [0, 0.1) is 0 Å². The van der Waals surface area contributed by atoms with Gasteiger partial charge in [0.15, 0.2) is 5.96 Å². The number of carbonyl (C=O) groups excluding carboxylic acids is 1. The van der Waals surface area contributed by atoms with Gasteiger partial charge >= 0.3 is 0 Å². The molecule has 0 saturated heterocycles. The molecule has 29 heavy (non-hydrogen) atoms. The van der Waals surface area contributed by atoms with Crippen LogP contribution < -0.4 is 20.7 Å². The lowest BCUT2D eigenvalue weighted by atomic mass is 10.1. The van der Waals surface area contributed by atoms with E-state index in [9.17, 15) is 4.79 Å². The SMILES string of the molecule is C=CCOc1ccccc1CNC(=NCc1cccc(C(=O)NCC)c1)NCC. The summed E-state index contributed by atoms with van der Waals surface area (Å²) in [6.45, 7) is 10.5. The zero-order valence-electron chi connectivity index (χ0n) is 17.2. The zero-order chi connectivity index (χ0) is 20.9. The van der Waals surface area contributed by atoms with Gasteiger partial charge < -0.3 is 20.7 Å². The molecule has 6 heteroatoms. The van der Waals surface area contributed by atoms with Crippen molar-refractivity contribution in [1.82, 2.24) is 16.0 Å². The van der Waals surface area contributed by atoms with E-state index in [0.717, 1.165) is 23.4 Å². The second-order valence-electron chi connectivity index (χ2n) is 6.32. The van der Waals surface area contributed by atoms with Gasteiger partial charge in [0.05, 0.1) is 6.54 Å². The molecule has 2 aromatic carbocycles. The molecule has 0 fully saturated rings. The van der Waals surface area contributed by atoms with E-state index >= 15 is 0 Å². The Hall–Kier alpha value is -3.28. The molecule has 2 rings (SSSR count). The predicted octanol–water partition coefficient (Wildman–Crippen LogP) is 3.26. The average molecular weight is 395 g/mol. The molecule has 0 radical (unpaired) electrons. The van der Waals surface area contributed by atoms with Crippen LogP contribution >= 0.6 is 0 Å². The minimum Gasteiger partial charge on any atom is -0.489 e. The Balaban J connectivity index is 2.04. The second-order valence-corrected chi connectivity index (χ2v) is 6.32. The third-order valence-electron chi connectivity index (χ3n) is 4.07. The first-order valence-corrected chi connectivity index (χ1v) is 9.88. The summed E-state index contributed by atoms with van der Waals surface area (Å²) in [5, 5.41) is 9.40. The number of hydrogen-bond donors (Lipinski definition) is 3. The van der Waals surface area contributed by atoms with Crippen LogP contribution in [0.4, 0.5) is 0 Å². The molecular weight excluding hydrogens is 364 g/mol. The van der Waals surface area contributed by atoms with Crippen molar-refractivity contribution in [3.8, 4) is 5.75 Å². The number of nitrogens with one attached hydrogen (secondary N) is 3. The summed E-state index contributed by atoms with van der Waals surface area (Å²) >= 11 is 0. The number of aliphatic imine (C=N–C) groups is 1. The molecule has 0 atom stereocenters. The Morgan fingerprint density at radius 2 is 1.86 bits per heavy atom. The summed E-state index contributed by atoms with van der Waals surface area (Å²) < 4.78 is 5.71. The summed E-state index contributed by atoms with van der Waals surface area (Å²) in [4.78, 5) is 16.7. The first kappa shape index (κ1) is 22.0. The van der Waals surface area contributed by atoms with Gasteiger partial charge in [0.25, 0.3) is 5.91 Å². The number of para-hydroxylation sites is 1. The molecule has 6 nitrogen and oxygen atoms in total. The van der Waals surface area contributed by atoms with E-state index in [0.29, 0.717) is 37.8 Å². The van der Waals surface area contributed by atoms with Crippen molar-refractivity contribution in [2.24, 2.45) is 4.99 Å². The van der Waals surface area contributed by atoms with Crippen molar-refractivity contribution >= 4 is 11.9 Å². The van der Waals surface area contributed by atoms with Gasteiger partial charge in [-0.25, -0.2) is 4.99 Å². The van der Waals surface area contributed by atoms with E-state index in [4.69, 9.17) is 4.74 Å². The standard InChI is InChI=1S/C23H30N4O2/c1-4-14-29-21-13-8-7-11-20(21)17-27-23(25-6-3)26-16-18-10-9-12-19(15-18)22(28)24-5-2/h4,7-13,15H,1,5-6,14,16-17H2,2-3H3,(H,24,28)(H2,25,26,27). The number of ether oxygens (including phenoxy) is 1. The number of hydrogen-bond acceptors (Lipinski definition) is 3. The fraction of sp³-hybridized carbons (Fsp3) is 0.304. The summed E-state index contributed by atoms with van der Waals surface area (Å²) in [7, 11) is 0. The van der Waals surface area contributed by atoms with Crippen LogP contribution in [0.3, 0.4) is 0 Å². The molecule has 0 heterocycles. The fourth-order valence-corrected chi connectivity index (χ4v) is 2.70. The Bertz CT molecular complexity index is 833. The van der Waals surface area contributed by atoms with Crippen molar-refractivity contribution in [1.29, 1.82) is 0 Å². The van der Waals surface area contributed by atoms with E-state index in [1.165, 1.54) is 0 Å². The Kier molecular flexibility index (Phi) is 9.29. The normalized spacial score (nSPS) is 10.9. The molecule has 154 valence electrons. The summed E-state index contributed by atoms with van der Waals surface area (Å²) in [6, 6.07) is 15.4. The van der Waals surface area contributed by atoms with E-state index in [2.05, 4.69) is 27.5 Å². The van der Waals surface area contributed by atoms with Crippen molar-refractivity contribution in [2.75, 3.05) is 19.7 Å². The number of guanidine groups is 1. The van der Waals surface area contributed by atoms with E-state index in [-0.39, 0.29) is 5.91 Å². The van der Waals surface area contributed by atoms with Crippen LogP contribution in [0.2, 0.25) is 0 Å². The predicted molar refractivity (Wildman–Crippen MR) is 118 cm³/mol. The van der Waals surface area contributed by atoms with E-state index in [1.54, 1.807) is 6.08 Å². The second kappa shape index (κ2) is 12.2. The van der Waals surface area contributed by atoms with Gasteiger partial charge in [-0.2, -0.15) is 0 Å². The highest BCUT2D eigenvalue weighted by Crippen LogP contribution is 2.17. The average Bonchev–Trinajstić information content (AvgIpc) is 2.75. The number of benzene rings is 2. The van der Waals surface area contributed by atoms with Crippen LogP contribution in [-0.4, -0.2) is 31.6 Å². The van der Waals surface area contributed by atoms with Gasteiger partial charge in [0, 0.05) is 30.8 Å². The third kappa shape index (κ3) is 7.33. The number of nitrogens with zero attached hydrogens (tertiary/aromatic N) is 1. The van der Waals surface area contributed by atoms with Gasteiger partial charge in [-0.1, -0.05) is 43.0 Å². The molecule has 0 aliphatic heterocycles. The number of carbonyl (C=O) groups is 1. The van der Waals surface area contributed by atoms with Crippen molar-refractivity contribution in [3.63, 3.8) is 0 Å². The molecule has 2 aromatic rings. The van der Waals surface area contributed by atoms with E-state index < -0.39 is 0 Å². The van der Waals surface area contributed by atoms with E-state index in [1.807, 2.05) is 62.4 Å². The first-order chi connectivity index (χ1) is 14.2. The van der Waals surface area contributed by atoms with Crippen molar-refractivity contribution in [3.05, 3.63) is 77.9 Å². The van der Waals surface area contributed by atoms with Crippen LogP contribution in [0.1, 0.15) is 35.3 Å². The lowest BCUT2D eigenvalue weighted by Crippen LogP contribution is -2.36. The van der Waals surface area contributed by atoms with Crippen LogP contribution in [-0.2, 0) is 13.1 Å². The maximum absolute atomic E-state index is 12.0. The van der Waals surface area contributed by atoms with Crippen molar-refractivity contribution in [2.45, 2.75) is 26.9 Å². The minimum absolute atomic E-state index is 0.0699. The number of amides is 1. The van der Waals surface area contributed by atoms with Crippen LogP contribution in [0.5, 0.6) is 5.75 Å². The molecule has 0 unspecified atom stereocenters. The lowest BCUT2D eigenvalue weighted by molar-refractivity contribution is 0.0955. The summed E-state index contributed by atoms with van der Waals surface area (Å²) in [5.41, 5.74) is 2.66. The summed E-state index contributed by atoms with van der Waals surface area (Å²) in [5.74, 6) is 1.46. The molecule has 3 N–H and O–H groups in total. The van der Waals surface area contributed by atoms with Crippen LogP contribution in [0.25, 0.3) is 0 Å². The van der Waals surface area contributed by atoms with Gasteiger partial charge in [0.1, 0.15) is 12.4 Å². The zero-order valence-corrected chi connectivity index (χ0v) is 17.2. The quantitative estimate of drug-likeness (QED) is 0.329. The highest BCUT2D eigenvalue weighted by molar-refractivity contribution is 5.94. The molecule has 0 aliphatic carbocycles. The monoisotopic (exact) mass is 394 g/mol. The molecule has 0 spiro atoms. The Morgan fingerprint density at radius 1 is 1.07 bits per heavy atom. The molecular formula is C23H30N4O2. The number of rotatable bonds is 10. The molecule has 1 amide bonds. The van der Waals surface area contributed by atoms with Crippen molar-refractivity contribution < 1.29 is 9.53 Å². The Labute approximate surface area is 173 Å². The molecule has 0 aromatic heterocycles. The topological polar surface area (TPSA) is 74.8 Å². The highest BCUT2D eigenvalue weighted by Gasteiger charge is 2.06.